The molecule has 3 nitrogen and oxygen atoms in total. The highest BCUT2D eigenvalue weighted by molar-refractivity contribution is 7.10. The second-order valence-corrected chi connectivity index (χ2v) is 6.80. The Morgan fingerprint density at radius 3 is 2.27 bits per heavy atom. The van der Waals surface area contributed by atoms with Crippen molar-refractivity contribution in [2.45, 2.75) is 77.6 Å². The number of carboxylic acids is 1. The van der Waals surface area contributed by atoms with Gasteiger partial charge in [0.05, 0.1) is 6.42 Å². The molecule has 0 aliphatic carbocycles. The lowest BCUT2D eigenvalue weighted by molar-refractivity contribution is -0.136. The molecule has 0 amide bonds. The van der Waals surface area contributed by atoms with Gasteiger partial charge in [-0.05, 0) is 24.3 Å². The molecule has 0 spiro atoms. The van der Waals surface area contributed by atoms with E-state index in [1.165, 1.54) is 49.9 Å². The smallest absolute Gasteiger partial charge is 0.303 e. The first-order chi connectivity index (χ1) is 10.6. The SMILES string of the molecule is CCCCCCCCCCC(=O)c1ccsc1CCC(=O)O. The maximum Gasteiger partial charge on any atom is 0.303 e. The van der Waals surface area contributed by atoms with Crippen molar-refractivity contribution in [3.05, 3.63) is 21.9 Å². The molecule has 0 aliphatic heterocycles. The largest absolute Gasteiger partial charge is 0.481 e. The summed E-state index contributed by atoms with van der Waals surface area (Å²) in [5, 5.41) is 10.6. The lowest BCUT2D eigenvalue weighted by Gasteiger charge is -2.03. The van der Waals surface area contributed by atoms with Gasteiger partial charge in [0.25, 0.3) is 0 Å². The number of hydrogen-bond donors (Lipinski definition) is 1. The van der Waals surface area contributed by atoms with Crippen LogP contribution in [0.25, 0.3) is 0 Å². The van der Waals surface area contributed by atoms with Crippen LogP contribution in [0.4, 0.5) is 0 Å². The Labute approximate surface area is 137 Å². The van der Waals surface area contributed by atoms with Crippen LogP contribution in [0.15, 0.2) is 11.4 Å². The number of carboxylic acid groups (broad SMARTS) is 1. The Bertz CT molecular complexity index is 451. The van der Waals surface area contributed by atoms with Crippen molar-refractivity contribution in [3.8, 4) is 0 Å². The molecule has 0 saturated heterocycles. The number of aryl methyl sites for hydroxylation is 1. The zero-order chi connectivity index (χ0) is 16.2. The predicted molar refractivity (Wildman–Crippen MR) is 91.8 cm³/mol. The minimum atomic E-state index is -0.810. The summed E-state index contributed by atoms with van der Waals surface area (Å²) in [5.74, 6) is -0.637. The quantitative estimate of drug-likeness (QED) is 0.386. The Kier molecular flexibility index (Phi) is 9.80. The van der Waals surface area contributed by atoms with E-state index in [4.69, 9.17) is 5.11 Å². The first-order valence-corrected chi connectivity index (χ1v) is 9.34. The number of carbonyl (C=O) groups excluding carboxylic acids is 1. The molecule has 0 radical (unpaired) electrons. The van der Waals surface area contributed by atoms with Crippen LogP contribution < -0.4 is 0 Å². The van der Waals surface area contributed by atoms with Gasteiger partial charge in [0, 0.05) is 16.9 Å². The first-order valence-electron chi connectivity index (χ1n) is 8.46. The number of aliphatic carboxylic acids is 1. The second-order valence-electron chi connectivity index (χ2n) is 5.80. The van der Waals surface area contributed by atoms with Crippen molar-refractivity contribution in [2.24, 2.45) is 0 Å². The fraction of sp³-hybridized carbons (Fsp3) is 0.667. The third-order valence-corrected chi connectivity index (χ3v) is 4.85. The van der Waals surface area contributed by atoms with Crippen molar-refractivity contribution in [1.82, 2.24) is 0 Å². The summed E-state index contributed by atoms with van der Waals surface area (Å²) in [4.78, 5) is 23.8. The van der Waals surface area contributed by atoms with Gasteiger partial charge in [-0.3, -0.25) is 9.59 Å². The van der Waals surface area contributed by atoms with Crippen LogP contribution in [-0.4, -0.2) is 16.9 Å². The third-order valence-electron chi connectivity index (χ3n) is 3.87. The molecule has 0 aliphatic rings. The van der Waals surface area contributed by atoms with Crippen molar-refractivity contribution in [1.29, 1.82) is 0 Å². The second kappa shape index (κ2) is 11.4. The summed E-state index contributed by atoms with van der Waals surface area (Å²) in [6.07, 6.45) is 10.9. The minimum Gasteiger partial charge on any atom is -0.481 e. The normalized spacial score (nSPS) is 10.8. The average Bonchev–Trinajstić information content (AvgIpc) is 2.96. The molecule has 0 saturated carbocycles. The molecule has 124 valence electrons. The van der Waals surface area contributed by atoms with Crippen LogP contribution >= 0.6 is 11.3 Å². The Morgan fingerprint density at radius 2 is 1.64 bits per heavy atom. The number of ketones is 1. The fourth-order valence-electron chi connectivity index (χ4n) is 2.56. The fourth-order valence-corrected chi connectivity index (χ4v) is 3.45. The number of unbranched alkanes of at least 4 members (excludes halogenated alkanes) is 7. The molecule has 1 heterocycles. The molecule has 4 heteroatoms. The highest BCUT2D eigenvalue weighted by atomic mass is 32.1. The highest BCUT2D eigenvalue weighted by Crippen LogP contribution is 2.21. The number of Topliss-reactive ketones (excluding diaryl/α,β-unsaturated/α-hetero) is 1. The summed E-state index contributed by atoms with van der Waals surface area (Å²) in [5.41, 5.74) is 0.745. The van der Waals surface area contributed by atoms with E-state index in [1.807, 2.05) is 11.4 Å². The summed E-state index contributed by atoms with van der Waals surface area (Å²) in [6, 6.07) is 1.84. The van der Waals surface area contributed by atoms with E-state index < -0.39 is 5.97 Å². The summed E-state index contributed by atoms with van der Waals surface area (Å²) in [6.45, 7) is 2.22. The molecule has 1 N–H and O–H groups in total. The van der Waals surface area contributed by atoms with Gasteiger partial charge in [0.15, 0.2) is 5.78 Å². The van der Waals surface area contributed by atoms with Gasteiger partial charge < -0.3 is 5.11 Å². The van der Waals surface area contributed by atoms with Crippen molar-refractivity contribution in [3.63, 3.8) is 0 Å². The van der Waals surface area contributed by atoms with E-state index in [-0.39, 0.29) is 12.2 Å². The summed E-state index contributed by atoms with van der Waals surface area (Å²) >= 11 is 1.49. The molecule has 1 aromatic rings. The van der Waals surface area contributed by atoms with E-state index >= 15 is 0 Å². The van der Waals surface area contributed by atoms with Crippen LogP contribution in [0.1, 0.15) is 86.4 Å². The third kappa shape index (κ3) is 7.74. The van der Waals surface area contributed by atoms with Gasteiger partial charge in [-0.1, -0.05) is 51.9 Å². The summed E-state index contributed by atoms with van der Waals surface area (Å²) < 4.78 is 0. The van der Waals surface area contributed by atoms with Gasteiger partial charge in [-0.15, -0.1) is 11.3 Å². The Balaban J connectivity index is 2.20. The zero-order valence-electron chi connectivity index (χ0n) is 13.6. The lowest BCUT2D eigenvalue weighted by Crippen LogP contribution is -2.03. The topological polar surface area (TPSA) is 54.4 Å². The predicted octanol–water partition coefficient (Wildman–Crippen LogP) is 5.48. The minimum absolute atomic E-state index is 0.0958. The van der Waals surface area contributed by atoms with Crippen molar-refractivity contribution < 1.29 is 14.7 Å². The number of carbonyl (C=O) groups is 2. The highest BCUT2D eigenvalue weighted by Gasteiger charge is 2.13. The molecule has 1 rings (SSSR count). The van der Waals surface area contributed by atoms with Gasteiger partial charge in [0.1, 0.15) is 0 Å². The molecule has 0 atom stereocenters. The van der Waals surface area contributed by atoms with E-state index in [0.29, 0.717) is 12.8 Å². The van der Waals surface area contributed by atoms with Gasteiger partial charge in [0.2, 0.25) is 0 Å². The molecule has 0 unspecified atom stereocenters. The van der Waals surface area contributed by atoms with E-state index in [0.717, 1.165) is 23.3 Å². The van der Waals surface area contributed by atoms with Crippen LogP contribution in [-0.2, 0) is 11.2 Å². The van der Waals surface area contributed by atoms with Crippen LogP contribution in [0.3, 0.4) is 0 Å². The zero-order valence-corrected chi connectivity index (χ0v) is 14.4. The molecule has 0 aromatic carbocycles. The maximum atomic E-state index is 12.2. The van der Waals surface area contributed by atoms with E-state index in [1.54, 1.807) is 0 Å². The van der Waals surface area contributed by atoms with Gasteiger partial charge in [-0.2, -0.15) is 0 Å². The van der Waals surface area contributed by atoms with Crippen LogP contribution in [0, 0.1) is 0 Å². The summed E-state index contributed by atoms with van der Waals surface area (Å²) in [7, 11) is 0. The number of rotatable bonds is 13. The Morgan fingerprint density at radius 1 is 1.00 bits per heavy atom. The monoisotopic (exact) mass is 324 g/mol. The molecule has 22 heavy (non-hydrogen) atoms. The first kappa shape index (κ1) is 18.9. The number of hydrogen-bond acceptors (Lipinski definition) is 3. The lowest BCUT2D eigenvalue weighted by atomic mass is 10.0. The molecular weight excluding hydrogens is 296 g/mol. The van der Waals surface area contributed by atoms with Gasteiger partial charge in [-0.25, -0.2) is 0 Å². The molecular formula is C18H28O3S. The molecule has 1 aromatic heterocycles. The van der Waals surface area contributed by atoms with E-state index in [2.05, 4.69) is 6.92 Å². The van der Waals surface area contributed by atoms with E-state index in [9.17, 15) is 9.59 Å². The maximum absolute atomic E-state index is 12.2. The molecule has 0 fully saturated rings. The van der Waals surface area contributed by atoms with Crippen LogP contribution in [0.2, 0.25) is 0 Å². The Hall–Kier alpha value is -1.16. The van der Waals surface area contributed by atoms with Gasteiger partial charge >= 0.3 is 5.97 Å². The number of thiophene rings is 1. The molecule has 0 bridgehead atoms. The van der Waals surface area contributed by atoms with Crippen LogP contribution in [0.5, 0.6) is 0 Å². The van der Waals surface area contributed by atoms with Crippen molar-refractivity contribution in [2.75, 3.05) is 0 Å². The standard InChI is InChI=1S/C18H28O3S/c1-2-3-4-5-6-7-8-9-10-16(19)15-13-14-22-17(15)11-12-18(20)21/h13-14H,2-12H2,1H3,(H,20,21). The average molecular weight is 324 g/mol. The van der Waals surface area contributed by atoms with Crippen molar-refractivity contribution >= 4 is 23.1 Å².